The summed E-state index contributed by atoms with van der Waals surface area (Å²) >= 11 is 0.741. The third-order valence-corrected chi connectivity index (χ3v) is 5.17. The van der Waals surface area contributed by atoms with Gasteiger partial charge in [-0.3, -0.25) is 19.3 Å². The van der Waals surface area contributed by atoms with Gasteiger partial charge >= 0.3 is 0 Å². The van der Waals surface area contributed by atoms with Gasteiger partial charge in [0, 0.05) is 17.3 Å². The Hall–Kier alpha value is -3.65. The van der Waals surface area contributed by atoms with E-state index in [4.69, 9.17) is 4.42 Å². The number of imide groups is 1. The van der Waals surface area contributed by atoms with Gasteiger partial charge in [0.1, 0.15) is 23.9 Å². The molecular weight excluding hydrogens is 407 g/mol. The van der Waals surface area contributed by atoms with Crippen molar-refractivity contribution in [2.24, 2.45) is 0 Å². The van der Waals surface area contributed by atoms with Crippen molar-refractivity contribution in [3.05, 3.63) is 83.2 Å². The van der Waals surface area contributed by atoms with Gasteiger partial charge in [0.15, 0.2) is 0 Å². The number of carbonyl (C=O) groups is 3. The van der Waals surface area contributed by atoms with Crippen LogP contribution >= 0.6 is 11.8 Å². The number of hydrogen-bond acceptors (Lipinski definition) is 5. The van der Waals surface area contributed by atoms with Crippen LogP contribution in [0.5, 0.6) is 0 Å². The second-order valence-electron chi connectivity index (χ2n) is 6.39. The highest BCUT2D eigenvalue weighted by Gasteiger charge is 2.36. The molecule has 2 aromatic carbocycles. The lowest BCUT2D eigenvalue weighted by atomic mass is 10.2. The topological polar surface area (TPSA) is 79.6 Å². The third-order valence-electron chi connectivity index (χ3n) is 4.26. The molecule has 150 valence electrons. The number of nitrogens with one attached hydrogen (secondary N) is 1. The SMILES string of the molecule is O=C(CN1C(=O)S/C(=C/c2ccc(-c3ccccc3)o2)C1=O)Nc1ccc(F)cc1. The summed E-state index contributed by atoms with van der Waals surface area (Å²) in [5.74, 6) is -0.501. The van der Waals surface area contributed by atoms with E-state index >= 15 is 0 Å². The maximum absolute atomic E-state index is 12.9. The Morgan fingerprint density at radius 2 is 1.77 bits per heavy atom. The molecule has 0 aliphatic carbocycles. The van der Waals surface area contributed by atoms with E-state index in [1.54, 1.807) is 12.1 Å². The molecule has 1 aliphatic rings. The number of rotatable bonds is 5. The Kier molecular flexibility index (Phi) is 5.49. The van der Waals surface area contributed by atoms with Gasteiger partial charge in [-0.25, -0.2) is 4.39 Å². The zero-order valence-electron chi connectivity index (χ0n) is 15.5. The molecule has 0 radical (unpaired) electrons. The van der Waals surface area contributed by atoms with Crippen molar-refractivity contribution in [1.29, 1.82) is 0 Å². The van der Waals surface area contributed by atoms with E-state index in [0.717, 1.165) is 22.2 Å². The molecule has 4 rings (SSSR count). The van der Waals surface area contributed by atoms with Crippen LogP contribution in [0.3, 0.4) is 0 Å². The predicted molar refractivity (Wildman–Crippen MR) is 112 cm³/mol. The van der Waals surface area contributed by atoms with Crippen molar-refractivity contribution < 1.29 is 23.2 Å². The fourth-order valence-corrected chi connectivity index (χ4v) is 3.65. The Morgan fingerprint density at radius 3 is 2.50 bits per heavy atom. The van der Waals surface area contributed by atoms with E-state index in [1.807, 2.05) is 30.3 Å². The van der Waals surface area contributed by atoms with Gasteiger partial charge in [-0.05, 0) is 48.2 Å². The number of thioether (sulfide) groups is 1. The van der Waals surface area contributed by atoms with Gasteiger partial charge in [0.2, 0.25) is 5.91 Å². The number of hydrogen-bond donors (Lipinski definition) is 1. The molecule has 6 nitrogen and oxygen atoms in total. The van der Waals surface area contributed by atoms with Crippen LogP contribution in [0.15, 0.2) is 76.1 Å². The second-order valence-corrected chi connectivity index (χ2v) is 7.38. The van der Waals surface area contributed by atoms with E-state index in [-0.39, 0.29) is 4.91 Å². The molecule has 3 aromatic rings. The summed E-state index contributed by atoms with van der Waals surface area (Å²) in [5.41, 5.74) is 1.26. The molecule has 0 bridgehead atoms. The van der Waals surface area contributed by atoms with E-state index in [9.17, 15) is 18.8 Å². The van der Waals surface area contributed by atoms with Crippen molar-refractivity contribution in [3.63, 3.8) is 0 Å². The molecular formula is C22H15FN2O4S. The molecule has 1 aliphatic heterocycles. The fourth-order valence-electron chi connectivity index (χ4n) is 2.83. The van der Waals surface area contributed by atoms with Crippen LogP contribution in [0.25, 0.3) is 17.4 Å². The molecule has 0 atom stereocenters. The Bertz CT molecular complexity index is 1140. The molecule has 0 unspecified atom stereocenters. The lowest BCUT2D eigenvalue weighted by Gasteiger charge is -2.12. The highest BCUT2D eigenvalue weighted by atomic mass is 32.2. The van der Waals surface area contributed by atoms with Crippen molar-refractivity contribution >= 4 is 40.6 Å². The smallest absolute Gasteiger partial charge is 0.294 e. The van der Waals surface area contributed by atoms with Crippen LogP contribution in [0.4, 0.5) is 14.9 Å². The number of halogens is 1. The van der Waals surface area contributed by atoms with Crippen LogP contribution in [0.1, 0.15) is 5.76 Å². The Labute approximate surface area is 175 Å². The fraction of sp³-hybridized carbons (Fsp3) is 0.0455. The van der Waals surface area contributed by atoms with Gasteiger partial charge in [-0.1, -0.05) is 30.3 Å². The molecule has 1 saturated heterocycles. The summed E-state index contributed by atoms with van der Waals surface area (Å²) in [5, 5.41) is 1.98. The molecule has 30 heavy (non-hydrogen) atoms. The summed E-state index contributed by atoms with van der Waals surface area (Å²) in [4.78, 5) is 38.0. The molecule has 1 aromatic heterocycles. The number of furan rings is 1. The number of benzene rings is 2. The van der Waals surface area contributed by atoms with E-state index in [0.29, 0.717) is 17.2 Å². The molecule has 8 heteroatoms. The first kappa shape index (κ1) is 19.7. The minimum Gasteiger partial charge on any atom is -0.457 e. The standard InChI is InChI=1S/C22H15FN2O4S/c23-15-6-8-16(9-7-15)24-20(26)13-25-21(27)19(30-22(25)28)12-17-10-11-18(29-17)14-4-2-1-3-5-14/h1-12H,13H2,(H,24,26)/b19-12+. The van der Waals surface area contributed by atoms with Crippen molar-refractivity contribution in [2.45, 2.75) is 0 Å². The highest BCUT2D eigenvalue weighted by Crippen LogP contribution is 2.33. The van der Waals surface area contributed by atoms with Crippen molar-refractivity contribution in [3.8, 4) is 11.3 Å². The highest BCUT2D eigenvalue weighted by molar-refractivity contribution is 8.18. The number of amides is 3. The van der Waals surface area contributed by atoms with Crippen molar-refractivity contribution in [2.75, 3.05) is 11.9 Å². The minimum absolute atomic E-state index is 0.170. The van der Waals surface area contributed by atoms with Crippen LogP contribution < -0.4 is 5.32 Å². The van der Waals surface area contributed by atoms with Crippen LogP contribution in [0, 0.1) is 5.82 Å². The van der Waals surface area contributed by atoms with E-state index in [1.165, 1.54) is 30.3 Å². The van der Waals surface area contributed by atoms with Gasteiger partial charge < -0.3 is 9.73 Å². The maximum Gasteiger partial charge on any atom is 0.294 e. The van der Waals surface area contributed by atoms with Crippen LogP contribution in [0.2, 0.25) is 0 Å². The normalized spacial score (nSPS) is 15.1. The molecule has 1 fully saturated rings. The van der Waals surface area contributed by atoms with Gasteiger partial charge in [-0.2, -0.15) is 0 Å². The Balaban J connectivity index is 1.44. The summed E-state index contributed by atoms with van der Waals surface area (Å²) < 4.78 is 18.7. The summed E-state index contributed by atoms with van der Waals surface area (Å²) in [6.45, 7) is -0.438. The van der Waals surface area contributed by atoms with Gasteiger partial charge in [-0.15, -0.1) is 0 Å². The summed E-state index contributed by atoms with van der Waals surface area (Å²) in [7, 11) is 0. The number of anilines is 1. The zero-order valence-corrected chi connectivity index (χ0v) is 16.3. The second kappa shape index (κ2) is 8.38. The zero-order chi connectivity index (χ0) is 21.1. The predicted octanol–water partition coefficient (Wildman–Crippen LogP) is 4.76. The molecule has 3 amide bonds. The lowest BCUT2D eigenvalue weighted by molar-refractivity contribution is -0.127. The lowest BCUT2D eigenvalue weighted by Crippen LogP contribution is -2.36. The molecule has 2 heterocycles. The maximum atomic E-state index is 12.9. The summed E-state index contributed by atoms with van der Waals surface area (Å²) in [6, 6.07) is 18.1. The van der Waals surface area contributed by atoms with Gasteiger partial charge in [0.25, 0.3) is 11.1 Å². The average molecular weight is 422 g/mol. The first-order chi connectivity index (χ1) is 14.5. The third kappa shape index (κ3) is 4.33. The van der Waals surface area contributed by atoms with Crippen LogP contribution in [-0.2, 0) is 9.59 Å². The molecule has 0 spiro atoms. The average Bonchev–Trinajstić information content (AvgIpc) is 3.31. The molecule has 0 saturated carbocycles. The van der Waals surface area contributed by atoms with E-state index in [2.05, 4.69) is 5.32 Å². The van der Waals surface area contributed by atoms with E-state index < -0.39 is 29.4 Å². The summed E-state index contributed by atoms with van der Waals surface area (Å²) in [6.07, 6.45) is 1.48. The van der Waals surface area contributed by atoms with Crippen LogP contribution in [-0.4, -0.2) is 28.5 Å². The molecule has 1 N–H and O–H groups in total. The largest absolute Gasteiger partial charge is 0.457 e. The minimum atomic E-state index is -0.572. The monoisotopic (exact) mass is 422 g/mol. The number of nitrogens with zero attached hydrogens (tertiary/aromatic N) is 1. The van der Waals surface area contributed by atoms with Gasteiger partial charge in [0.05, 0.1) is 4.91 Å². The number of carbonyl (C=O) groups excluding carboxylic acids is 3. The quantitative estimate of drug-likeness (QED) is 0.600. The van der Waals surface area contributed by atoms with Crippen molar-refractivity contribution in [1.82, 2.24) is 4.90 Å². The first-order valence-corrected chi connectivity index (χ1v) is 9.77. The first-order valence-electron chi connectivity index (χ1n) is 8.95. The Morgan fingerprint density at radius 1 is 1.03 bits per heavy atom.